The summed E-state index contributed by atoms with van der Waals surface area (Å²) in [5, 5.41) is 0. The van der Waals surface area contributed by atoms with Crippen LogP contribution in [0, 0.1) is 5.82 Å². The van der Waals surface area contributed by atoms with E-state index in [1.165, 1.54) is 12.3 Å². The van der Waals surface area contributed by atoms with E-state index < -0.39 is 0 Å². The molecular weight excluding hydrogens is 155 g/mol. The van der Waals surface area contributed by atoms with Gasteiger partial charge in [-0.1, -0.05) is 24.8 Å². The van der Waals surface area contributed by atoms with E-state index in [-0.39, 0.29) is 5.82 Å². The zero-order valence-electron chi connectivity index (χ0n) is 6.79. The molecule has 0 atom stereocenters. The molecule has 0 saturated carbocycles. The molecule has 0 radical (unpaired) electrons. The van der Waals surface area contributed by atoms with Crippen LogP contribution in [0.2, 0.25) is 0 Å². The Kier molecular flexibility index (Phi) is 3.33. The van der Waals surface area contributed by atoms with Gasteiger partial charge in [-0.15, -0.1) is 0 Å². The Hall–Kier alpha value is -1.31. The molecular formula is C10H11FO. The van der Waals surface area contributed by atoms with Crippen LogP contribution in [-0.4, -0.2) is 6.61 Å². The summed E-state index contributed by atoms with van der Waals surface area (Å²) in [6.07, 6.45) is 1.94. The lowest BCUT2D eigenvalue weighted by atomic mass is 10.1. The minimum atomic E-state index is -0.176. The van der Waals surface area contributed by atoms with Gasteiger partial charge in [0.25, 0.3) is 0 Å². The summed E-state index contributed by atoms with van der Waals surface area (Å²) in [6, 6.07) is 6.69. The maximum atomic E-state index is 12.9. The molecule has 0 aromatic heterocycles. The molecule has 1 aromatic rings. The average Bonchev–Trinajstić information content (AvgIpc) is 2.09. The molecule has 0 spiro atoms. The largest absolute Gasteiger partial charge is 0.501 e. The summed E-state index contributed by atoms with van der Waals surface area (Å²) in [4.78, 5) is 0. The minimum absolute atomic E-state index is 0.176. The summed E-state index contributed by atoms with van der Waals surface area (Å²) < 4.78 is 17.8. The number of hydrogen-bond acceptors (Lipinski definition) is 1. The molecule has 0 fully saturated rings. The Labute approximate surface area is 71.5 Å². The molecule has 0 aliphatic heterocycles. The molecule has 1 aromatic carbocycles. The lowest BCUT2D eigenvalue weighted by molar-refractivity contribution is 0.253. The van der Waals surface area contributed by atoms with Crippen LogP contribution < -0.4 is 0 Å². The Morgan fingerprint density at radius 2 is 2.17 bits per heavy atom. The molecule has 0 amide bonds. The molecule has 0 N–H and O–H groups in total. The quantitative estimate of drug-likeness (QED) is 0.493. The molecule has 12 heavy (non-hydrogen) atoms. The van der Waals surface area contributed by atoms with E-state index in [1.807, 2.05) is 6.07 Å². The summed E-state index contributed by atoms with van der Waals surface area (Å²) >= 11 is 0. The fourth-order valence-corrected chi connectivity index (χ4v) is 0.953. The van der Waals surface area contributed by atoms with Gasteiger partial charge in [-0.2, -0.15) is 0 Å². The van der Waals surface area contributed by atoms with Gasteiger partial charge in [-0.05, 0) is 11.6 Å². The van der Waals surface area contributed by atoms with Crippen molar-refractivity contribution in [1.29, 1.82) is 0 Å². The van der Waals surface area contributed by atoms with Gasteiger partial charge < -0.3 is 4.74 Å². The van der Waals surface area contributed by atoms with Crippen LogP contribution in [0.15, 0.2) is 37.1 Å². The summed E-state index contributed by atoms with van der Waals surface area (Å²) in [5.74, 6) is -0.176. The summed E-state index contributed by atoms with van der Waals surface area (Å²) in [6.45, 7) is 3.87. The van der Waals surface area contributed by atoms with Crippen molar-refractivity contribution in [3.63, 3.8) is 0 Å². The SMILES string of the molecule is C=COCCc1ccccc1F. The van der Waals surface area contributed by atoms with E-state index in [0.717, 1.165) is 0 Å². The standard InChI is InChI=1S/C10H11FO/c1-2-12-8-7-9-5-3-4-6-10(9)11/h2-6H,1,7-8H2. The zero-order valence-corrected chi connectivity index (χ0v) is 6.79. The Morgan fingerprint density at radius 3 is 2.83 bits per heavy atom. The van der Waals surface area contributed by atoms with Crippen molar-refractivity contribution in [3.05, 3.63) is 48.5 Å². The van der Waals surface area contributed by atoms with Gasteiger partial charge in [0.2, 0.25) is 0 Å². The third-order valence-electron chi connectivity index (χ3n) is 1.56. The lowest BCUT2D eigenvalue weighted by Crippen LogP contribution is -1.96. The van der Waals surface area contributed by atoms with Crippen LogP contribution >= 0.6 is 0 Å². The highest BCUT2D eigenvalue weighted by Gasteiger charge is 1.98. The van der Waals surface area contributed by atoms with E-state index in [1.54, 1.807) is 12.1 Å². The van der Waals surface area contributed by atoms with Crippen molar-refractivity contribution in [1.82, 2.24) is 0 Å². The second-order valence-corrected chi connectivity index (χ2v) is 2.38. The van der Waals surface area contributed by atoms with Crippen molar-refractivity contribution < 1.29 is 9.13 Å². The Balaban J connectivity index is 2.51. The van der Waals surface area contributed by atoms with Gasteiger partial charge in [0.1, 0.15) is 5.82 Å². The van der Waals surface area contributed by atoms with E-state index in [4.69, 9.17) is 4.74 Å². The lowest BCUT2D eigenvalue weighted by Gasteiger charge is -2.01. The first kappa shape index (κ1) is 8.78. The first-order valence-electron chi connectivity index (χ1n) is 3.80. The molecule has 0 saturated heterocycles. The summed E-state index contributed by atoms with van der Waals surface area (Å²) in [5.41, 5.74) is 0.680. The molecule has 0 aliphatic carbocycles. The molecule has 64 valence electrons. The molecule has 2 heteroatoms. The zero-order chi connectivity index (χ0) is 8.81. The molecule has 0 unspecified atom stereocenters. The first-order valence-corrected chi connectivity index (χ1v) is 3.80. The highest BCUT2D eigenvalue weighted by molar-refractivity contribution is 5.17. The Bertz CT molecular complexity index is 258. The van der Waals surface area contributed by atoms with Crippen molar-refractivity contribution in [2.24, 2.45) is 0 Å². The van der Waals surface area contributed by atoms with Crippen LogP contribution in [0.25, 0.3) is 0 Å². The van der Waals surface area contributed by atoms with E-state index in [2.05, 4.69) is 6.58 Å². The van der Waals surface area contributed by atoms with Crippen molar-refractivity contribution in [2.75, 3.05) is 6.61 Å². The third-order valence-corrected chi connectivity index (χ3v) is 1.56. The average molecular weight is 166 g/mol. The van der Waals surface area contributed by atoms with Gasteiger partial charge in [0.05, 0.1) is 12.9 Å². The monoisotopic (exact) mass is 166 g/mol. The van der Waals surface area contributed by atoms with Gasteiger partial charge in [0, 0.05) is 6.42 Å². The van der Waals surface area contributed by atoms with E-state index in [9.17, 15) is 4.39 Å². The van der Waals surface area contributed by atoms with Crippen LogP contribution in [0.1, 0.15) is 5.56 Å². The first-order chi connectivity index (χ1) is 5.84. The van der Waals surface area contributed by atoms with E-state index in [0.29, 0.717) is 18.6 Å². The van der Waals surface area contributed by atoms with Gasteiger partial charge >= 0.3 is 0 Å². The second kappa shape index (κ2) is 4.54. The highest BCUT2D eigenvalue weighted by atomic mass is 19.1. The predicted molar refractivity (Wildman–Crippen MR) is 46.3 cm³/mol. The number of hydrogen-bond donors (Lipinski definition) is 0. The maximum absolute atomic E-state index is 12.9. The number of rotatable bonds is 4. The van der Waals surface area contributed by atoms with Crippen molar-refractivity contribution >= 4 is 0 Å². The van der Waals surface area contributed by atoms with Crippen LogP contribution in [0.3, 0.4) is 0 Å². The maximum Gasteiger partial charge on any atom is 0.126 e. The van der Waals surface area contributed by atoms with Gasteiger partial charge in [-0.3, -0.25) is 0 Å². The molecule has 0 bridgehead atoms. The van der Waals surface area contributed by atoms with Crippen LogP contribution in [0.5, 0.6) is 0 Å². The number of benzene rings is 1. The molecule has 1 nitrogen and oxygen atoms in total. The van der Waals surface area contributed by atoms with Gasteiger partial charge in [-0.25, -0.2) is 4.39 Å². The highest BCUT2D eigenvalue weighted by Crippen LogP contribution is 2.06. The van der Waals surface area contributed by atoms with Gasteiger partial charge in [0.15, 0.2) is 0 Å². The smallest absolute Gasteiger partial charge is 0.126 e. The molecule has 1 rings (SSSR count). The van der Waals surface area contributed by atoms with E-state index >= 15 is 0 Å². The topological polar surface area (TPSA) is 9.23 Å². The predicted octanol–water partition coefficient (Wildman–Crippen LogP) is 2.53. The third kappa shape index (κ3) is 2.38. The minimum Gasteiger partial charge on any atom is -0.501 e. The normalized spacial score (nSPS) is 9.42. The Morgan fingerprint density at radius 1 is 1.42 bits per heavy atom. The van der Waals surface area contributed by atoms with Crippen molar-refractivity contribution in [3.8, 4) is 0 Å². The summed E-state index contributed by atoms with van der Waals surface area (Å²) in [7, 11) is 0. The molecule has 0 aliphatic rings. The number of ether oxygens (including phenoxy) is 1. The van der Waals surface area contributed by atoms with Crippen LogP contribution in [-0.2, 0) is 11.2 Å². The van der Waals surface area contributed by atoms with Crippen molar-refractivity contribution in [2.45, 2.75) is 6.42 Å². The fraction of sp³-hybridized carbons (Fsp3) is 0.200. The fourth-order valence-electron chi connectivity index (χ4n) is 0.953. The van der Waals surface area contributed by atoms with Crippen LogP contribution in [0.4, 0.5) is 4.39 Å². The number of halogens is 1. The second-order valence-electron chi connectivity index (χ2n) is 2.38. The molecule has 0 heterocycles.